The minimum Gasteiger partial charge on any atom is -0.381 e. The van der Waals surface area contributed by atoms with Gasteiger partial charge in [-0.3, -0.25) is 4.79 Å². The predicted molar refractivity (Wildman–Crippen MR) is 107 cm³/mol. The highest BCUT2D eigenvalue weighted by atomic mass is 16.5. The second-order valence-electron chi connectivity index (χ2n) is 8.46. The van der Waals surface area contributed by atoms with Gasteiger partial charge in [0.2, 0.25) is 0 Å². The van der Waals surface area contributed by atoms with Gasteiger partial charge in [0, 0.05) is 50.5 Å². The average molecular weight is 389 g/mol. The molecule has 154 valence electrons. The summed E-state index contributed by atoms with van der Waals surface area (Å²) in [5.41, 5.74) is 0.960. The van der Waals surface area contributed by atoms with Crippen molar-refractivity contribution < 1.29 is 14.1 Å². The van der Waals surface area contributed by atoms with Gasteiger partial charge in [-0.1, -0.05) is 25.9 Å². The monoisotopic (exact) mass is 388 g/mol. The Morgan fingerprint density at radius 1 is 1.25 bits per heavy atom. The zero-order valence-corrected chi connectivity index (χ0v) is 17.7. The molecule has 1 aliphatic rings. The summed E-state index contributed by atoms with van der Waals surface area (Å²) in [4.78, 5) is 19.1. The maximum absolute atomic E-state index is 12.5. The molecule has 2 aromatic heterocycles. The second-order valence-corrected chi connectivity index (χ2v) is 8.46. The Balaban J connectivity index is 1.87. The van der Waals surface area contributed by atoms with Crippen molar-refractivity contribution >= 4 is 5.91 Å². The van der Waals surface area contributed by atoms with E-state index in [1.54, 1.807) is 11.0 Å². The molecule has 0 unspecified atom stereocenters. The van der Waals surface area contributed by atoms with Crippen LogP contribution in [0.1, 0.15) is 63.8 Å². The fourth-order valence-corrected chi connectivity index (χ4v) is 3.65. The smallest absolute Gasteiger partial charge is 0.276 e. The van der Waals surface area contributed by atoms with Crippen LogP contribution in [0, 0.1) is 5.92 Å². The van der Waals surface area contributed by atoms with Crippen molar-refractivity contribution in [3.63, 3.8) is 0 Å². The summed E-state index contributed by atoms with van der Waals surface area (Å²) < 4.78 is 13.2. The number of carbonyl (C=O) groups is 1. The molecule has 0 bridgehead atoms. The van der Waals surface area contributed by atoms with Crippen molar-refractivity contribution in [2.75, 3.05) is 26.3 Å². The molecule has 0 saturated carbocycles. The van der Waals surface area contributed by atoms with Gasteiger partial charge in [0.15, 0.2) is 11.5 Å². The largest absolute Gasteiger partial charge is 0.381 e. The highest BCUT2D eigenvalue weighted by molar-refractivity contribution is 5.93. The van der Waals surface area contributed by atoms with Crippen LogP contribution in [0.3, 0.4) is 0 Å². The third-order valence-corrected chi connectivity index (χ3v) is 5.28. The lowest BCUT2D eigenvalue weighted by atomic mass is 9.94. The van der Waals surface area contributed by atoms with Gasteiger partial charge in [-0.05, 0) is 32.6 Å². The van der Waals surface area contributed by atoms with Crippen LogP contribution in [0.15, 0.2) is 16.8 Å². The minimum absolute atomic E-state index is 0.0939. The van der Waals surface area contributed by atoms with E-state index in [9.17, 15) is 4.79 Å². The first kappa shape index (κ1) is 20.6. The topological polar surface area (TPSA) is 73.4 Å². The van der Waals surface area contributed by atoms with E-state index in [0.29, 0.717) is 30.5 Å². The van der Waals surface area contributed by atoms with E-state index in [1.807, 2.05) is 20.0 Å². The molecule has 1 amide bonds. The Kier molecular flexibility index (Phi) is 6.23. The standard InChI is InChI=1S/C21H32N4O3/c1-6-24(7-2)19(26)16-12-18(28-23-16)17-14-25(20(22-17)21(3,4)5)13-15-8-10-27-11-9-15/h12,14-15H,6-11,13H2,1-5H3. The number of amides is 1. The van der Waals surface area contributed by atoms with Crippen molar-refractivity contribution in [2.24, 2.45) is 5.92 Å². The molecule has 1 saturated heterocycles. The quantitative estimate of drug-likeness (QED) is 0.754. The summed E-state index contributed by atoms with van der Waals surface area (Å²) in [6.07, 6.45) is 4.17. The van der Waals surface area contributed by atoms with E-state index >= 15 is 0 Å². The summed E-state index contributed by atoms with van der Waals surface area (Å²) in [6.45, 7) is 14.3. The number of nitrogens with zero attached hydrogens (tertiary/aromatic N) is 4. The molecule has 2 aromatic rings. The molecule has 0 radical (unpaired) electrons. The van der Waals surface area contributed by atoms with Crippen molar-refractivity contribution in [2.45, 2.75) is 59.4 Å². The average Bonchev–Trinajstić information content (AvgIpc) is 3.30. The third kappa shape index (κ3) is 4.46. The Bertz CT molecular complexity index is 793. The first-order chi connectivity index (χ1) is 13.3. The van der Waals surface area contributed by atoms with Gasteiger partial charge in [0.05, 0.1) is 0 Å². The van der Waals surface area contributed by atoms with Gasteiger partial charge in [-0.2, -0.15) is 0 Å². The van der Waals surface area contributed by atoms with Crippen LogP contribution in [-0.4, -0.2) is 51.8 Å². The van der Waals surface area contributed by atoms with Gasteiger partial charge in [-0.15, -0.1) is 0 Å². The van der Waals surface area contributed by atoms with Crippen LogP contribution in [-0.2, 0) is 16.7 Å². The summed E-state index contributed by atoms with van der Waals surface area (Å²) in [5, 5.41) is 3.99. The highest BCUT2D eigenvalue weighted by Crippen LogP contribution is 2.29. The normalized spacial score (nSPS) is 15.8. The first-order valence-corrected chi connectivity index (χ1v) is 10.2. The van der Waals surface area contributed by atoms with E-state index in [0.717, 1.165) is 44.1 Å². The molecule has 0 aliphatic carbocycles. The van der Waals surface area contributed by atoms with Crippen LogP contribution in [0.25, 0.3) is 11.5 Å². The summed E-state index contributed by atoms with van der Waals surface area (Å²) in [5.74, 6) is 2.03. The maximum Gasteiger partial charge on any atom is 0.276 e. The molecule has 0 spiro atoms. The molecule has 0 N–H and O–H groups in total. The summed E-state index contributed by atoms with van der Waals surface area (Å²) in [6, 6.07) is 1.70. The summed E-state index contributed by atoms with van der Waals surface area (Å²) >= 11 is 0. The Labute approximate surface area is 167 Å². The van der Waals surface area contributed by atoms with Crippen LogP contribution >= 0.6 is 0 Å². The molecular formula is C21H32N4O3. The van der Waals surface area contributed by atoms with E-state index < -0.39 is 0 Å². The molecule has 28 heavy (non-hydrogen) atoms. The van der Waals surface area contributed by atoms with E-state index in [4.69, 9.17) is 14.2 Å². The van der Waals surface area contributed by atoms with Gasteiger partial charge in [0.1, 0.15) is 11.5 Å². The molecule has 0 atom stereocenters. The van der Waals surface area contributed by atoms with Crippen LogP contribution in [0.4, 0.5) is 0 Å². The van der Waals surface area contributed by atoms with Crippen LogP contribution in [0.2, 0.25) is 0 Å². The Morgan fingerprint density at radius 2 is 1.93 bits per heavy atom. The lowest BCUT2D eigenvalue weighted by molar-refractivity contribution is 0.0607. The Hall–Kier alpha value is -2.15. The molecule has 3 rings (SSSR count). The molecule has 0 aromatic carbocycles. The van der Waals surface area contributed by atoms with Crippen molar-refractivity contribution in [3.8, 4) is 11.5 Å². The van der Waals surface area contributed by atoms with Crippen LogP contribution in [0.5, 0.6) is 0 Å². The van der Waals surface area contributed by atoms with Crippen molar-refractivity contribution in [1.82, 2.24) is 19.6 Å². The lowest BCUT2D eigenvalue weighted by Gasteiger charge is -2.25. The fourth-order valence-electron chi connectivity index (χ4n) is 3.65. The predicted octanol–water partition coefficient (Wildman–Crippen LogP) is 3.74. The lowest BCUT2D eigenvalue weighted by Crippen LogP contribution is -2.30. The maximum atomic E-state index is 12.5. The molecule has 1 fully saturated rings. The van der Waals surface area contributed by atoms with Gasteiger partial charge >= 0.3 is 0 Å². The number of imidazole rings is 1. The molecule has 7 nitrogen and oxygen atoms in total. The number of ether oxygens (including phenoxy) is 1. The molecular weight excluding hydrogens is 356 g/mol. The SMILES string of the molecule is CCN(CC)C(=O)c1cc(-c2cn(CC3CCOCC3)c(C(C)(C)C)n2)on1. The van der Waals surface area contributed by atoms with Crippen molar-refractivity contribution in [1.29, 1.82) is 0 Å². The number of carbonyl (C=O) groups excluding carboxylic acids is 1. The van der Waals surface area contributed by atoms with E-state index in [1.165, 1.54) is 0 Å². The van der Waals surface area contributed by atoms with Crippen LogP contribution < -0.4 is 0 Å². The number of hydrogen-bond acceptors (Lipinski definition) is 5. The third-order valence-electron chi connectivity index (χ3n) is 5.28. The Morgan fingerprint density at radius 3 is 2.54 bits per heavy atom. The zero-order chi connectivity index (χ0) is 20.3. The number of aromatic nitrogens is 3. The van der Waals surface area contributed by atoms with Gasteiger partial charge in [-0.25, -0.2) is 4.98 Å². The van der Waals surface area contributed by atoms with E-state index in [-0.39, 0.29) is 11.3 Å². The first-order valence-electron chi connectivity index (χ1n) is 10.2. The van der Waals surface area contributed by atoms with Gasteiger partial charge in [0.25, 0.3) is 5.91 Å². The van der Waals surface area contributed by atoms with Gasteiger partial charge < -0.3 is 18.7 Å². The minimum atomic E-state index is -0.113. The summed E-state index contributed by atoms with van der Waals surface area (Å²) in [7, 11) is 0. The number of rotatable bonds is 6. The molecule has 7 heteroatoms. The molecule has 1 aliphatic heterocycles. The fraction of sp³-hybridized carbons (Fsp3) is 0.667. The zero-order valence-electron chi connectivity index (χ0n) is 17.7. The van der Waals surface area contributed by atoms with Crippen molar-refractivity contribution in [3.05, 3.63) is 23.8 Å². The highest BCUT2D eigenvalue weighted by Gasteiger charge is 2.26. The number of hydrogen-bond donors (Lipinski definition) is 0. The second kappa shape index (κ2) is 8.47. The van der Waals surface area contributed by atoms with E-state index in [2.05, 4.69) is 30.5 Å². The molecule has 3 heterocycles.